The lowest BCUT2D eigenvalue weighted by Crippen LogP contribution is -2.49. The fourth-order valence-electron chi connectivity index (χ4n) is 5.02. The van der Waals surface area contributed by atoms with Gasteiger partial charge in [0.05, 0.1) is 18.8 Å². The van der Waals surface area contributed by atoms with Crippen molar-refractivity contribution in [2.24, 2.45) is 0 Å². The Morgan fingerprint density at radius 1 is 1.12 bits per heavy atom. The van der Waals surface area contributed by atoms with Crippen molar-refractivity contribution in [2.75, 3.05) is 13.1 Å². The van der Waals surface area contributed by atoms with Crippen LogP contribution in [0.25, 0.3) is 0 Å². The zero-order chi connectivity index (χ0) is 17.4. The molecule has 0 saturated carbocycles. The van der Waals surface area contributed by atoms with Crippen molar-refractivity contribution < 1.29 is 13.9 Å². The molecule has 4 rings (SSSR count). The molecule has 0 aliphatic carbocycles. The number of piperidine rings is 2. The Morgan fingerprint density at radius 2 is 1.80 bits per heavy atom. The van der Waals surface area contributed by atoms with Crippen molar-refractivity contribution in [1.29, 1.82) is 0 Å². The summed E-state index contributed by atoms with van der Waals surface area (Å²) < 4.78 is 12.1. The highest BCUT2D eigenvalue weighted by atomic mass is 16.5. The van der Waals surface area contributed by atoms with Gasteiger partial charge in [0.1, 0.15) is 11.5 Å². The molecule has 5 heteroatoms. The number of amides is 1. The van der Waals surface area contributed by atoms with Crippen molar-refractivity contribution in [3.05, 3.63) is 23.7 Å². The summed E-state index contributed by atoms with van der Waals surface area (Å²) in [6.45, 7) is 6.76. The normalized spacial score (nSPS) is 30.8. The van der Waals surface area contributed by atoms with E-state index in [0.717, 1.165) is 69.7 Å². The van der Waals surface area contributed by atoms with Gasteiger partial charge in [-0.15, -0.1) is 0 Å². The zero-order valence-electron chi connectivity index (χ0n) is 15.4. The van der Waals surface area contributed by atoms with Gasteiger partial charge in [-0.05, 0) is 57.6 Å². The van der Waals surface area contributed by atoms with E-state index in [1.807, 2.05) is 13.0 Å². The van der Waals surface area contributed by atoms with E-state index in [9.17, 15) is 4.79 Å². The summed E-state index contributed by atoms with van der Waals surface area (Å²) in [5.74, 6) is 2.29. The molecular formula is C20H30N2O3. The van der Waals surface area contributed by atoms with Crippen LogP contribution in [0.5, 0.6) is 0 Å². The highest BCUT2D eigenvalue weighted by Crippen LogP contribution is 2.37. The molecule has 1 aromatic heterocycles. The molecule has 3 aliphatic heterocycles. The van der Waals surface area contributed by atoms with Crippen LogP contribution < -0.4 is 0 Å². The van der Waals surface area contributed by atoms with Crippen LogP contribution >= 0.6 is 0 Å². The molecule has 3 aliphatic rings. The summed E-state index contributed by atoms with van der Waals surface area (Å²) in [7, 11) is 0. The van der Waals surface area contributed by atoms with E-state index in [4.69, 9.17) is 9.15 Å². The number of fused-ring (bicyclic) bond motifs is 2. The Labute approximate surface area is 150 Å². The van der Waals surface area contributed by atoms with Gasteiger partial charge in [0.2, 0.25) is 5.91 Å². The summed E-state index contributed by atoms with van der Waals surface area (Å²) in [5, 5.41) is 0. The molecular weight excluding hydrogens is 316 g/mol. The number of hydrogen-bond acceptors (Lipinski definition) is 4. The molecule has 1 aromatic rings. The lowest BCUT2D eigenvalue weighted by molar-refractivity contribution is -0.138. The number of ether oxygens (including phenoxy) is 1. The Morgan fingerprint density at radius 3 is 2.36 bits per heavy atom. The van der Waals surface area contributed by atoms with Gasteiger partial charge in [0.25, 0.3) is 0 Å². The third-order valence-electron chi connectivity index (χ3n) is 6.15. The van der Waals surface area contributed by atoms with E-state index in [-0.39, 0.29) is 5.91 Å². The number of carbonyl (C=O) groups excluding carboxylic acids is 1. The Bertz CT molecular complexity index is 592. The average molecular weight is 346 g/mol. The first kappa shape index (κ1) is 17.1. The highest BCUT2D eigenvalue weighted by molar-refractivity contribution is 5.74. The minimum Gasteiger partial charge on any atom is -0.465 e. The third-order valence-corrected chi connectivity index (χ3v) is 6.15. The number of nitrogens with zero attached hydrogens (tertiary/aromatic N) is 2. The maximum atomic E-state index is 11.8. The molecule has 1 unspecified atom stereocenters. The highest BCUT2D eigenvalue weighted by Gasteiger charge is 2.43. The van der Waals surface area contributed by atoms with Crippen LogP contribution in [0.4, 0.5) is 0 Å². The first-order valence-corrected chi connectivity index (χ1v) is 9.80. The third kappa shape index (κ3) is 3.77. The smallest absolute Gasteiger partial charge is 0.219 e. The van der Waals surface area contributed by atoms with Gasteiger partial charge in [0, 0.05) is 32.1 Å². The Kier molecular flexibility index (Phi) is 4.87. The van der Waals surface area contributed by atoms with Gasteiger partial charge >= 0.3 is 0 Å². The number of likely N-dealkylation sites (tertiary alicyclic amines) is 1. The topological polar surface area (TPSA) is 45.9 Å². The second-order valence-electron chi connectivity index (χ2n) is 8.03. The predicted octanol–water partition coefficient (Wildman–Crippen LogP) is 3.11. The quantitative estimate of drug-likeness (QED) is 0.840. The van der Waals surface area contributed by atoms with Crippen LogP contribution in [0.2, 0.25) is 0 Å². The van der Waals surface area contributed by atoms with Crippen molar-refractivity contribution >= 4 is 5.91 Å². The molecule has 1 amide bonds. The molecule has 25 heavy (non-hydrogen) atoms. The summed E-state index contributed by atoms with van der Waals surface area (Å²) in [6, 6.07) is 4.95. The molecule has 0 aromatic carbocycles. The van der Waals surface area contributed by atoms with Crippen LogP contribution in [0.3, 0.4) is 0 Å². The van der Waals surface area contributed by atoms with Crippen molar-refractivity contribution in [3.8, 4) is 0 Å². The minimum absolute atomic E-state index is 0.243. The molecule has 5 nitrogen and oxygen atoms in total. The number of hydrogen-bond donors (Lipinski definition) is 0. The Balaban J connectivity index is 1.24. The summed E-state index contributed by atoms with van der Waals surface area (Å²) in [6.07, 6.45) is 7.30. The predicted molar refractivity (Wildman–Crippen MR) is 95.2 cm³/mol. The second kappa shape index (κ2) is 7.12. The zero-order valence-corrected chi connectivity index (χ0v) is 15.4. The first-order valence-electron chi connectivity index (χ1n) is 9.80. The van der Waals surface area contributed by atoms with Gasteiger partial charge in [-0.2, -0.15) is 0 Å². The summed E-state index contributed by atoms with van der Waals surface area (Å²) >= 11 is 0. The number of aryl methyl sites for hydroxylation is 1. The molecule has 0 N–H and O–H groups in total. The monoisotopic (exact) mass is 346 g/mol. The van der Waals surface area contributed by atoms with Gasteiger partial charge in [-0.3, -0.25) is 9.69 Å². The number of rotatable bonds is 4. The molecule has 138 valence electrons. The fraction of sp³-hybridized carbons (Fsp3) is 0.750. The van der Waals surface area contributed by atoms with E-state index in [1.54, 1.807) is 6.92 Å². The van der Waals surface area contributed by atoms with E-state index in [0.29, 0.717) is 24.3 Å². The minimum atomic E-state index is 0.243. The summed E-state index contributed by atoms with van der Waals surface area (Å²) in [5.41, 5.74) is 0. The van der Waals surface area contributed by atoms with Gasteiger partial charge in [0.15, 0.2) is 0 Å². The molecule has 3 saturated heterocycles. The van der Waals surface area contributed by atoms with E-state index < -0.39 is 0 Å². The van der Waals surface area contributed by atoms with E-state index in [1.165, 1.54) is 0 Å². The fourth-order valence-corrected chi connectivity index (χ4v) is 5.02. The van der Waals surface area contributed by atoms with Crippen LogP contribution in [-0.2, 0) is 16.1 Å². The SMILES string of the molecule is CC(=O)N1[C@@H]2CC[C@H]1CC(OC1CCN(Cc3ccc(C)o3)CC1)C2. The maximum Gasteiger partial charge on any atom is 0.219 e. The lowest BCUT2D eigenvalue weighted by Gasteiger charge is -2.40. The number of carbonyl (C=O) groups is 1. The van der Waals surface area contributed by atoms with Crippen LogP contribution in [-0.4, -0.2) is 53.1 Å². The number of furan rings is 1. The standard InChI is InChI=1S/C20H30N2O3/c1-14-3-6-19(24-14)13-21-9-7-18(8-10-21)25-20-11-16-4-5-17(12-20)22(16)15(2)23/h3,6,16-18,20H,4-5,7-13H2,1-2H3/t16-,17+,20?. The summed E-state index contributed by atoms with van der Waals surface area (Å²) in [4.78, 5) is 16.4. The molecule has 2 bridgehead atoms. The Hall–Kier alpha value is -1.33. The van der Waals surface area contributed by atoms with E-state index >= 15 is 0 Å². The largest absolute Gasteiger partial charge is 0.465 e. The first-order chi connectivity index (χ1) is 12.1. The van der Waals surface area contributed by atoms with Gasteiger partial charge in [-0.25, -0.2) is 0 Å². The maximum absolute atomic E-state index is 11.8. The van der Waals surface area contributed by atoms with Crippen LogP contribution in [0.15, 0.2) is 16.5 Å². The van der Waals surface area contributed by atoms with Crippen LogP contribution in [0.1, 0.15) is 57.0 Å². The van der Waals surface area contributed by atoms with Crippen molar-refractivity contribution in [1.82, 2.24) is 9.80 Å². The van der Waals surface area contributed by atoms with Gasteiger partial charge in [-0.1, -0.05) is 0 Å². The second-order valence-corrected chi connectivity index (χ2v) is 8.03. The van der Waals surface area contributed by atoms with Crippen molar-refractivity contribution in [2.45, 2.75) is 83.2 Å². The molecule has 3 fully saturated rings. The molecule has 4 heterocycles. The molecule has 3 atom stereocenters. The lowest BCUT2D eigenvalue weighted by atomic mass is 9.98. The average Bonchev–Trinajstić information content (AvgIpc) is 3.10. The molecule has 0 spiro atoms. The van der Waals surface area contributed by atoms with E-state index in [2.05, 4.69) is 15.9 Å². The van der Waals surface area contributed by atoms with Crippen molar-refractivity contribution in [3.63, 3.8) is 0 Å². The van der Waals surface area contributed by atoms with Gasteiger partial charge < -0.3 is 14.1 Å². The molecule has 0 radical (unpaired) electrons. The van der Waals surface area contributed by atoms with Crippen LogP contribution in [0, 0.1) is 6.92 Å².